The van der Waals surface area contributed by atoms with Crippen molar-refractivity contribution in [2.75, 3.05) is 11.1 Å². The normalized spacial score (nSPS) is 10.9. The number of benzene rings is 3. The van der Waals surface area contributed by atoms with Crippen molar-refractivity contribution in [3.05, 3.63) is 90.2 Å². The van der Waals surface area contributed by atoms with Gasteiger partial charge in [0.25, 0.3) is 0 Å². The van der Waals surface area contributed by atoms with Crippen molar-refractivity contribution in [3.8, 4) is 22.4 Å². The van der Waals surface area contributed by atoms with Crippen LogP contribution in [-0.4, -0.2) is 31.8 Å². The number of anilines is 1. The Morgan fingerprint density at radius 2 is 1.70 bits per heavy atom. The Labute approximate surface area is 199 Å². The molecule has 33 heavy (non-hydrogen) atoms. The van der Waals surface area contributed by atoms with Gasteiger partial charge in [0.1, 0.15) is 6.33 Å². The van der Waals surface area contributed by atoms with E-state index in [0.29, 0.717) is 11.0 Å². The molecule has 0 unspecified atom stereocenters. The van der Waals surface area contributed by atoms with E-state index in [0.717, 1.165) is 38.2 Å². The van der Waals surface area contributed by atoms with E-state index in [-0.39, 0.29) is 11.7 Å². The molecule has 1 amide bonds. The second-order valence-corrected chi connectivity index (χ2v) is 8.65. The molecule has 2 aromatic heterocycles. The summed E-state index contributed by atoms with van der Waals surface area (Å²) in [6.45, 7) is 0. The number of carbonyl (C=O) groups excluding carboxylic acids is 1. The van der Waals surface area contributed by atoms with Crippen molar-refractivity contribution >= 4 is 46.1 Å². The number of carbonyl (C=O) groups is 1. The van der Waals surface area contributed by atoms with Crippen molar-refractivity contribution in [2.24, 2.45) is 0 Å². The van der Waals surface area contributed by atoms with Crippen LogP contribution in [-0.2, 0) is 4.79 Å². The number of rotatable bonds is 6. The largest absolute Gasteiger partial charge is 0.294 e. The first kappa shape index (κ1) is 21.2. The molecule has 0 atom stereocenters. The molecule has 6 nitrogen and oxygen atoms in total. The topological polar surface area (TPSA) is 83.6 Å². The summed E-state index contributed by atoms with van der Waals surface area (Å²) in [4.78, 5) is 22.5. The number of aromatic nitrogens is 4. The summed E-state index contributed by atoms with van der Waals surface area (Å²) in [5, 5.41) is 10.7. The number of nitrogens with one attached hydrogen (secondary N) is 2. The Morgan fingerprint density at radius 1 is 0.970 bits per heavy atom. The Morgan fingerprint density at radius 3 is 2.39 bits per heavy atom. The number of nitrogens with zero attached hydrogens (tertiary/aromatic N) is 3. The Bertz CT molecular complexity index is 1410. The van der Waals surface area contributed by atoms with Gasteiger partial charge in [0, 0.05) is 26.4 Å². The molecule has 0 fully saturated rings. The molecule has 0 bridgehead atoms. The molecule has 5 rings (SSSR count). The van der Waals surface area contributed by atoms with Crippen molar-refractivity contribution in [1.29, 1.82) is 0 Å². The first-order valence-corrected chi connectivity index (χ1v) is 11.6. The molecule has 3 aromatic carbocycles. The number of hydrogen-bond acceptors (Lipinski definition) is 5. The maximum atomic E-state index is 12.6. The summed E-state index contributed by atoms with van der Waals surface area (Å²) in [6, 6.07) is 25.8. The molecule has 0 radical (unpaired) electrons. The van der Waals surface area contributed by atoms with E-state index in [4.69, 9.17) is 16.6 Å². The molecule has 0 saturated carbocycles. The Balaban J connectivity index is 1.67. The van der Waals surface area contributed by atoms with E-state index < -0.39 is 0 Å². The smallest absolute Gasteiger partial charge is 0.237 e. The molecule has 0 aliphatic heterocycles. The Hall–Kier alpha value is -3.68. The molecule has 0 aliphatic rings. The zero-order valence-electron chi connectivity index (χ0n) is 17.3. The molecule has 2 heterocycles. The van der Waals surface area contributed by atoms with Crippen LogP contribution < -0.4 is 5.32 Å². The number of fused-ring (bicyclic) bond motifs is 1. The third-order valence-electron chi connectivity index (χ3n) is 5.03. The van der Waals surface area contributed by atoms with E-state index in [1.807, 2.05) is 66.7 Å². The first-order valence-electron chi connectivity index (χ1n) is 10.2. The van der Waals surface area contributed by atoms with Crippen LogP contribution in [0.4, 0.5) is 5.95 Å². The quantitative estimate of drug-likeness (QED) is 0.293. The fourth-order valence-corrected chi connectivity index (χ4v) is 4.81. The molecule has 0 spiro atoms. The van der Waals surface area contributed by atoms with Gasteiger partial charge in [-0.25, -0.2) is 10.1 Å². The maximum Gasteiger partial charge on any atom is 0.237 e. The van der Waals surface area contributed by atoms with Gasteiger partial charge in [-0.3, -0.25) is 10.1 Å². The van der Waals surface area contributed by atoms with Gasteiger partial charge in [-0.15, -0.1) is 11.8 Å². The average molecular weight is 472 g/mol. The molecule has 5 aromatic rings. The molecule has 8 heteroatoms. The van der Waals surface area contributed by atoms with Crippen LogP contribution in [0.5, 0.6) is 0 Å². The predicted octanol–water partition coefficient (Wildman–Crippen LogP) is 6.07. The number of amides is 1. The zero-order valence-corrected chi connectivity index (χ0v) is 18.9. The van der Waals surface area contributed by atoms with Gasteiger partial charge in [0.2, 0.25) is 11.9 Å². The second-order valence-electron chi connectivity index (χ2n) is 7.23. The highest BCUT2D eigenvalue weighted by molar-refractivity contribution is 8.00. The minimum Gasteiger partial charge on any atom is -0.294 e. The number of halogens is 1. The standard InChI is InChI=1S/C25H18ClN5OS/c26-18-11-12-20-19(13-18)22(16-7-3-1-4-8-16)24(23(29-20)17-9-5-2-6-10-17)33-14-21(32)30-25-27-15-28-31-25/h1-13,15H,14H2,(H2,27,28,30,31,32). The average Bonchev–Trinajstić information content (AvgIpc) is 3.36. The lowest BCUT2D eigenvalue weighted by Gasteiger charge is -2.18. The second kappa shape index (κ2) is 9.44. The lowest BCUT2D eigenvalue weighted by molar-refractivity contribution is -0.113. The highest BCUT2D eigenvalue weighted by Gasteiger charge is 2.20. The number of H-pyrrole nitrogens is 1. The third kappa shape index (κ3) is 4.60. The van der Waals surface area contributed by atoms with Gasteiger partial charge in [0.05, 0.1) is 17.0 Å². The number of thioether (sulfide) groups is 1. The van der Waals surface area contributed by atoms with Crippen LogP contribution in [0.25, 0.3) is 33.3 Å². The summed E-state index contributed by atoms with van der Waals surface area (Å²) in [7, 11) is 0. The maximum absolute atomic E-state index is 12.6. The summed E-state index contributed by atoms with van der Waals surface area (Å²) >= 11 is 7.81. The van der Waals surface area contributed by atoms with Crippen LogP contribution in [0.3, 0.4) is 0 Å². The van der Waals surface area contributed by atoms with E-state index in [2.05, 4.69) is 32.6 Å². The van der Waals surface area contributed by atoms with Crippen molar-refractivity contribution in [1.82, 2.24) is 20.2 Å². The number of pyridine rings is 1. The van der Waals surface area contributed by atoms with Gasteiger partial charge in [-0.2, -0.15) is 10.1 Å². The fourth-order valence-electron chi connectivity index (χ4n) is 3.61. The fraction of sp³-hybridized carbons (Fsp3) is 0.0400. The highest BCUT2D eigenvalue weighted by atomic mass is 35.5. The van der Waals surface area contributed by atoms with Crippen LogP contribution in [0.1, 0.15) is 0 Å². The summed E-state index contributed by atoms with van der Waals surface area (Å²) in [6.07, 6.45) is 1.35. The highest BCUT2D eigenvalue weighted by Crippen LogP contribution is 2.43. The van der Waals surface area contributed by atoms with Gasteiger partial charge >= 0.3 is 0 Å². The van der Waals surface area contributed by atoms with E-state index in [9.17, 15) is 4.79 Å². The third-order valence-corrected chi connectivity index (χ3v) is 6.36. The monoisotopic (exact) mass is 471 g/mol. The van der Waals surface area contributed by atoms with Crippen molar-refractivity contribution < 1.29 is 4.79 Å². The van der Waals surface area contributed by atoms with Gasteiger partial charge in [0.15, 0.2) is 0 Å². The zero-order chi connectivity index (χ0) is 22.6. The summed E-state index contributed by atoms with van der Waals surface area (Å²) in [5.74, 6) is 0.297. The van der Waals surface area contributed by atoms with Crippen LogP contribution in [0.2, 0.25) is 5.02 Å². The molecular formula is C25H18ClN5OS. The van der Waals surface area contributed by atoms with Crippen LogP contribution >= 0.6 is 23.4 Å². The van der Waals surface area contributed by atoms with E-state index >= 15 is 0 Å². The van der Waals surface area contributed by atoms with Crippen LogP contribution in [0, 0.1) is 0 Å². The minimum atomic E-state index is -0.194. The number of aromatic amines is 1. The lowest BCUT2D eigenvalue weighted by Crippen LogP contribution is -2.15. The van der Waals surface area contributed by atoms with E-state index in [1.54, 1.807) is 0 Å². The lowest BCUT2D eigenvalue weighted by atomic mass is 9.98. The van der Waals surface area contributed by atoms with E-state index in [1.165, 1.54) is 18.1 Å². The number of hydrogen-bond donors (Lipinski definition) is 2. The SMILES string of the molecule is O=C(CSc1c(-c2ccccc2)nc2ccc(Cl)cc2c1-c1ccccc1)Nc1ncn[nH]1. The van der Waals surface area contributed by atoms with Crippen LogP contribution in [0.15, 0.2) is 90.1 Å². The molecular weight excluding hydrogens is 454 g/mol. The molecule has 0 aliphatic carbocycles. The van der Waals surface area contributed by atoms with Crippen molar-refractivity contribution in [3.63, 3.8) is 0 Å². The predicted molar refractivity (Wildman–Crippen MR) is 133 cm³/mol. The van der Waals surface area contributed by atoms with Gasteiger partial charge in [-0.05, 0) is 23.8 Å². The Kier molecular flexibility index (Phi) is 6.06. The molecule has 162 valence electrons. The van der Waals surface area contributed by atoms with Gasteiger partial charge in [-0.1, -0.05) is 72.3 Å². The van der Waals surface area contributed by atoms with Gasteiger partial charge < -0.3 is 0 Å². The summed E-state index contributed by atoms with van der Waals surface area (Å²) < 4.78 is 0. The minimum absolute atomic E-state index is 0.175. The van der Waals surface area contributed by atoms with Crippen molar-refractivity contribution in [2.45, 2.75) is 4.90 Å². The molecule has 0 saturated heterocycles. The summed E-state index contributed by atoms with van der Waals surface area (Å²) in [5.41, 5.74) is 4.67. The first-order chi connectivity index (χ1) is 16.2. The molecule has 2 N–H and O–H groups in total.